The monoisotopic (exact) mass is 274 g/mol. The average Bonchev–Trinajstić information content (AvgIpc) is 2.47. The van der Waals surface area contributed by atoms with E-state index < -0.39 is 7.37 Å². The zero-order valence-corrected chi connectivity index (χ0v) is 11.5. The highest BCUT2D eigenvalue weighted by atomic mass is 31.2. The molecule has 4 heteroatoms. The normalized spacial score (nSPS) is 13.8. The Bertz CT molecular complexity index is 635. The lowest BCUT2D eigenvalue weighted by atomic mass is 10.0. The largest absolute Gasteiger partial charge is 0.341 e. The molecule has 19 heavy (non-hydrogen) atoms. The van der Waals surface area contributed by atoms with Crippen molar-refractivity contribution in [3.05, 3.63) is 65.7 Å². The van der Waals surface area contributed by atoms with Gasteiger partial charge in [-0.1, -0.05) is 55.5 Å². The lowest BCUT2D eigenvalue weighted by molar-refractivity contribution is 0.103. The van der Waals surface area contributed by atoms with Crippen LogP contribution in [-0.4, -0.2) is 16.8 Å². The van der Waals surface area contributed by atoms with Gasteiger partial charge in [0.15, 0.2) is 5.78 Å². The Morgan fingerprint density at radius 1 is 1.05 bits per heavy atom. The molecule has 1 atom stereocenters. The van der Waals surface area contributed by atoms with Crippen molar-refractivity contribution >= 4 is 18.5 Å². The molecule has 0 aliphatic heterocycles. The van der Waals surface area contributed by atoms with Gasteiger partial charge in [0.2, 0.25) is 7.37 Å². The maximum atomic E-state index is 12.4. The van der Waals surface area contributed by atoms with Gasteiger partial charge in [0.1, 0.15) is 0 Å². The van der Waals surface area contributed by atoms with Gasteiger partial charge < -0.3 is 4.89 Å². The molecule has 0 radical (unpaired) electrons. The first-order chi connectivity index (χ1) is 9.06. The lowest BCUT2D eigenvalue weighted by Gasteiger charge is -2.13. The number of carbonyl (C=O) groups excluding carboxylic acids is 1. The van der Waals surface area contributed by atoms with Gasteiger partial charge in [-0.05, 0) is 6.07 Å². The standard InChI is InChI=1S/C15H15O3P/c1-2-19(17,18)14-11-7-6-10-13(14)15(16)12-8-4-3-5-9-12/h3-11H,2H2,1H3,(H,17,18). The number of ketones is 1. The molecule has 2 aromatic rings. The molecule has 0 aromatic heterocycles. The van der Waals surface area contributed by atoms with Crippen molar-refractivity contribution in [1.29, 1.82) is 0 Å². The third kappa shape index (κ3) is 2.83. The fraction of sp³-hybridized carbons (Fsp3) is 0.133. The number of hydrogen-bond donors (Lipinski definition) is 1. The van der Waals surface area contributed by atoms with Crippen LogP contribution < -0.4 is 5.30 Å². The van der Waals surface area contributed by atoms with E-state index in [4.69, 9.17) is 0 Å². The van der Waals surface area contributed by atoms with E-state index in [1.54, 1.807) is 55.5 Å². The highest BCUT2D eigenvalue weighted by Crippen LogP contribution is 2.39. The van der Waals surface area contributed by atoms with Crippen molar-refractivity contribution in [2.75, 3.05) is 6.16 Å². The molecule has 2 aromatic carbocycles. The minimum atomic E-state index is -3.46. The summed E-state index contributed by atoms with van der Waals surface area (Å²) >= 11 is 0. The van der Waals surface area contributed by atoms with Crippen molar-refractivity contribution in [3.8, 4) is 0 Å². The summed E-state index contributed by atoms with van der Waals surface area (Å²) in [5.74, 6) is -0.223. The van der Waals surface area contributed by atoms with Gasteiger partial charge in [0.25, 0.3) is 0 Å². The topological polar surface area (TPSA) is 54.4 Å². The van der Waals surface area contributed by atoms with E-state index in [0.717, 1.165) is 0 Å². The first-order valence-corrected chi connectivity index (χ1v) is 7.92. The Morgan fingerprint density at radius 2 is 1.63 bits per heavy atom. The molecule has 0 aliphatic carbocycles. The molecule has 0 heterocycles. The molecule has 1 unspecified atom stereocenters. The Hall–Kier alpha value is -1.70. The Labute approximate surface area is 112 Å². The summed E-state index contributed by atoms with van der Waals surface area (Å²) in [5.41, 5.74) is 0.826. The van der Waals surface area contributed by atoms with Gasteiger partial charge in [-0.2, -0.15) is 0 Å². The van der Waals surface area contributed by atoms with Crippen LogP contribution in [0, 0.1) is 0 Å². The van der Waals surface area contributed by atoms with Crippen LogP contribution in [0.1, 0.15) is 22.8 Å². The molecule has 0 bridgehead atoms. The van der Waals surface area contributed by atoms with Gasteiger partial charge in [0, 0.05) is 22.6 Å². The molecular formula is C15H15O3P. The number of rotatable bonds is 4. The average molecular weight is 274 g/mol. The van der Waals surface area contributed by atoms with E-state index >= 15 is 0 Å². The van der Waals surface area contributed by atoms with Crippen LogP contribution in [0.15, 0.2) is 54.6 Å². The van der Waals surface area contributed by atoms with Crippen LogP contribution in [0.25, 0.3) is 0 Å². The van der Waals surface area contributed by atoms with Crippen LogP contribution in [0.5, 0.6) is 0 Å². The smallest absolute Gasteiger partial charge is 0.230 e. The fourth-order valence-corrected chi connectivity index (χ4v) is 3.10. The predicted molar refractivity (Wildman–Crippen MR) is 76.3 cm³/mol. The van der Waals surface area contributed by atoms with E-state index in [2.05, 4.69) is 0 Å². The van der Waals surface area contributed by atoms with Crippen LogP contribution in [0.2, 0.25) is 0 Å². The van der Waals surface area contributed by atoms with Crippen molar-refractivity contribution < 1.29 is 14.3 Å². The van der Waals surface area contributed by atoms with E-state index in [-0.39, 0.29) is 17.2 Å². The van der Waals surface area contributed by atoms with Crippen molar-refractivity contribution in [2.45, 2.75) is 6.92 Å². The van der Waals surface area contributed by atoms with E-state index in [9.17, 15) is 14.3 Å². The van der Waals surface area contributed by atoms with Crippen molar-refractivity contribution in [3.63, 3.8) is 0 Å². The lowest BCUT2D eigenvalue weighted by Crippen LogP contribution is -2.17. The summed E-state index contributed by atoms with van der Waals surface area (Å²) in [6, 6.07) is 15.3. The molecule has 0 saturated carbocycles. The van der Waals surface area contributed by atoms with Gasteiger partial charge in [-0.15, -0.1) is 0 Å². The number of carbonyl (C=O) groups is 1. The summed E-state index contributed by atoms with van der Waals surface area (Å²) < 4.78 is 12.1. The van der Waals surface area contributed by atoms with Crippen molar-refractivity contribution in [1.82, 2.24) is 0 Å². The van der Waals surface area contributed by atoms with Crippen LogP contribution in [0.3, 0.4) is 0 Å². The SMILES string of the molecule is CCP(=O)(O)c1ccccc1C(=O)c1ccccc1. The Morgan fingerprint density at radius 3 is 2.26 bits per heavy atom. The zero-order chi connectivity index (χ0) is 13.9. The molecule has 3 nitrogen and oxygen atoms in total. The third-order valence-electron chi connectivity index (χ3n) is 2.99. The van der Waals surface area contributed by atoms with Crippen LogP contribution in [-0.2, 0) is 4.57 Å². The minimum Gasteiger partial charge on any atom is -0.341 e. The van der Waals surface area contributed by atoms with Gasteiger partial charge in [0.05, 0.1) is 0 Å². The van der Waals surface area contributed by atoms with E-state index in [0.29, 0.717) is 11.1 Å². The number of benzene rings is 2. The highest BCUT2D eigenvalue weighted by molar-refractivity contribution is 7.66. The summed E-state index contributed by atoms with van der Waals surface area (Å²) in [6.45, 7) is 1.64. The molecular weight excluding hydrogens is 259 g/mol. The predicted octanol–water partition coefficient (Wildman–Crippen LogP) is 2.83. The molecule has 2 rings (SSSR count). The van der Waals surface area contributed by atoms with E-state index in [1.807, 2.05) is 6.07 Å². The molecule has 98 valence electrons. The third-order valence-corrected chi connectivity index (χ3v) is 4.99. The zero-order valence-electron chi connectivity index (χ0n) is 10.6. The molecule has 0 saturated heterocycles. The van der Waals surface area contributed by atoms with Crippen LogP contribution >= 0.6 is 7.37 Å². The summed E-state index contributed by atoms with van der Waals surface area (Å²) in [5, 5.41) is 0.242. The summed E-state index contributed by atoms with van der Waals surface area (Å²) in [7, 11) is -3.46. The molecule has 1 N–H and O–H groups in total. The molecule has 0 amide bonds. The van der Waals surface area contributed by atoms with Gasteiger partial charge in [-0.25, -0.2) is 0 Å². The van der Waals surface area contributed by atoms with Gasteiger partial charge >= 0.3 is 0 Å². The number of hydrogen-bond acceptors (Lipinski definition) is 2. The molecule has 0 aliphatic rings. The molecule has 0 fully saturated rings. The second-order valence-corrected chi connectivity index (χ2v) is 6.75. The summed E-state index contributed by atoms with van der Waals surface area (Å²) in [4.78, 5) is 22.4. The Kier molecular flexibility index (Phi) is 3.98. The fourth-order valence-electron chi connectivity index (χ4n) is 1.89. The maximum Gasteiger partial charge on any atom is 0.230 e. The van der Waals surface area contributed by atoms with Gasteiger partial charge in [-0.3, -0.25) is 9.36 Å². The first-order valence-electron chi connectivity index (χ1n) is 6.07. The van der Waals surface area contributed by atoms with Crippen molar-refractivity contribution in [2.24, 2.45) is 0 Å². The summed E-state index contributed by atoms with van der Waals surface area (Å²) in [6.07, 6.45) is 0.117. The minimum absolute atomic E-state index is 0.117. The van der Waals surface area contributed by atoms with E-state index in [1.165, 1.54) is 0 Å². The first kappa shape index (κ1) is 13.7. The van der Waals surface area contributed by atoms with Crippen LogP contribution in [0.4, 0.5) is 0 Å². The quantitative estimate of drug-likeness (QED) is 0.689. The Balaban J connectivity index is 2.53. The maximum absolute atomic E-state index is 12.4. The highest BCUT2D eigenvalue weighted by Gasteiger charge is 2.25. The second-order valence-electron chi connectivity index (χ2n) is 4.23. The second kappa shape index (κ2) is 5.52. The molecule has 0 spiro atoms.